The van der Waals surface area contributed by atoms with Crippen molar-refractivity contribution in [3.05, 3.63) is 95.6 Å². The van der Waals surface area contributed by atoms with Crippen molar-refractivity contribution in [3.63, 3.8) is 0 Å². The molecule has 0 bridgehead atoms. The number of aryl methyl sites for hydroxylation is 1. The van der Waals surface area contributed by atoms with E-state index < -0.39 is 0 Å². The third-order valence-corrected chi connectivity index (χ3v) is 6.24. The molecule has 2 N–H and O–H groups in total. The van der Waals surface area contributed by atoms with E-state index in [-0.39, 0.29) is 17.7 Å². The Kier molecular flexibility index (Phi) is 7.40. The summed E-state index contributed by atoms with van der Waals surface area (Å²) in [6, 6.07) is 25.8. The minimum atomic E-state index is -0.170. The van der Waals surface area contributed by atoms with Gasteiger partial charge in [-0.3, -0.25) is 9.59 Å². The SMILES string of the molecule is Cc1ccc(N2CCC(C(=O)Nc3ccccc3C(=O)NCCc3ccccc3)CC2)cc1. The molecule has 33 heavy (non-hydrogen) atoms. The van der Waals surface area contributed by atoms with Crippen molar-refractivity contribution in [2.45, 2.75) is 26.2 Å². The molecule has 0 unspecified atom stereocenters. The molecule has 170 valence electrons. The van der Waals surface area contributed by atoms with Crippen molar-refractivity contribution >= 4 is 23.2 Å². The number of rotatable bonds is 7. The molecule has 0 atom stereocenters. The fourth-order valence-corrected chi connectivity index (χ4v) is 4.24. The first-order chi connectivity index (χ1) is 16.1. The Morgan fingerprint density at radius 3 is 2.27 bits per heavy atom. The van der Waals surface area contributed by atoms with Crippen LogP contribution in [-0.4, -0.2) is 31.4 Å². The second-order valence-electron chi connectivity index (χ2n) is 8.62. The Balaban J connectivity index is 1.31. The molecule has 0 aliphatic carbocycles. The Morgan fingerprint density at radius 2 is 1.55 bits per heavy atom. The summed E-state index contributed by atoms with van der Waals surface area (Å²) in [6.45, 7) is 4.33. The maximum Gasteiger partial charge on any atom is 0.253 e. The van der Waals surface area contributed by atoms with Gasteiger partial charge in [0, 0.05) is 31.2 Å². The lowest BCUT2D eigenvalue weighted by Crippen LogP contribution is -2.38. The molecule has 2 amide bonds. The first-order valence-electron chi connectivity index (χ1n) is 11.6. The van der Waals surface area contributed by atoms with Gasteiger partial charge in [-0.05, 0) is 56.0 Å². The Labute approximate surface area is 195 Å². The number of benzene rings is 3. The lowest BCUT2D eigenvalue weighted by atomic mass is 9.95. The lowest BCUT2D eigenvalue weighted by molar-refractivity contribution is -0.120. The number of nitrogens with one attached hydrogen (secondary N) is 2. The van der Waals surface area contributed by atoms with Crippen LogP contribution in [0.2, 0.25) is 0 Å². The van der Waals surface area contributed by atoms with Crippen LogP contribution < -0.4 is 15.5 Å². The Bertz CT molecular complexity index is 1070. The van der Waals surface area contributed by atoms with E-state index >= 15 is 0 Å². The number of anilines is 2. The highest BCUT2D eigenvalue weighted by Crippen LogP contribution is 2.25. The van der Waals surface area contributed by atoms with Gasteiger partial charge in [-0.1, -0.05) is 60.2 Å². The summed E-state index contributed by atoms with van der Waals surface area (Å²) >= 11 is 0. The third-order valence-electron chi connectivity index (χ3n) is 6.24. The largest absolute Gasteiger partial charge is 0.371 e. The summed E-state index contributed by atoms with van der Waals surface area (Å²) in [4.78, 5) is 28.1. The van der Waals surface area contributed by atoms with E-state index in [0.29, 0.717) is 17.8 Å². The molecule has 5 heteroatoms. The number of carbonyl (C=O) groups excluding carboxylic acids is 2. The summed E-state index contributed by atoms with van der Waals surface area (Å²) in [6.07, 6.45) is 2.36. The van der Waals surface area contributed by atoms with Crippen molar-refractivity contribution in [2.24, 2.45) is 5.92 Å². The third kappa shape index (κ3) is 6.01. The second-order valence-corrected chi connectivity index (χ2v) is 8.62. The molecule has 3 aromatic carbocycles. The predicted molar refractivity (Wildman–Crippen MR) is 134 cm³/mol. The normalized spacial score (nSPS) is 14.0. The van der Waals surface area contributed by atoms with E-state index in [1.165, 1.54) is 16.8 Å². The zero-order chi connectivity index (χ0) is 23.0. The fraction of sp³-hybridized carbons (Fsp3) is 0.286. The topological polar surface area (TPSA) is 61.4 Å². The summed E-state index contributed by atoms with van der Waals surface area (Å²) in [7, 11) is 0. The van der Waals surface area contributed by atoms with Crippen molar-refractivity contribution < 1.29 is 9.59 Å². The van der Waals surface area contributed by atoms with Crippen LogP contribution in [0.15, 0.2) is 78.9 Å². The minimum Gasteiger partial charge on any atom is -0.371 e. The zero-order valence-corrected chi connectivity index (χ0v) is 19.1. The van der Waals surface area contributed by atoms with E-state index in [9.17, 15) is 9.59 Å². The number of piperidine rings is 1. The minimum absolute atomic E-state index is 0.0110. The van der Waals surface area contributed by atoms with Crippen LogP contribution >= 0.6 is 0 Å². The number of amides is 2. The van der Waals surface area contributed by atoms with Crippen molar-refractivity contribution in [1.82, 2.24) is 5.32 Å². The number of carbonyl (C=O) groups is 2. The lowest BCUT2D eigenvalue weighted by Gasteiger charge is -2.33. The standard InChI is InChI=1S/C28H31N3O2/c1-21-11-13-24(14-12-21)31-19-16-23(17-20-31)27(32)30-26-10-6-5-9-25(26)28(33)29-18-15-22-7-3-2-4-8-22/h2-14,23H,15-20H2,1H3,(H,29,33)(H,30,32). The summed E-state index contributed by atoms with van der Waals surface area (Å²) in [5.74, 6) is -0.236. The summed E-state index contributed by atoms with van der Waals surface area (Å²) in [5.41, 5.74) is 4.70. The van der Waals surface area contributed by atoms with Crippen LogP contribution in [0.3, 0.4) is 0 Å². The smallest absolute Gasteiger partial charge is 0.253 e. The Morgan fingerprint density at radius 1 is 0.879 bits per heavy atom. The van der Waals surface area contributed by atoms with E-state index in [1.807, 2.05) is 42.5 Å². The first kappa shape index (κ1) is 22.6. The van der Waals surface area contributed by atoms with Crippen LogP contribution in [0.25, 0.3) is 0 Å². The van der Waals surface area contributed by atoms with Crippen LogP contribution in [0.5, 0.6) is 0 Å². The molecule has 1 saturated heterocycles. The number of para-hydroxylation sites is 1. The molecule has 4 rings (SSSR count). The van der Waals surface area contributed by atoms with Crippen LogP contribution in [-0.2, 0) is 11.2 Å². The molecule has 0 aromatic heterocycles. The maximum absolute atomic E-state index is 13.0. The van der Waals surface area contributed by atoms with Gasteiger partial charge in [0.25, 0.3) is 5.91 Å². The molecule has 3 aromatic rings. The number of hydrogen-bond donors (Lipinski definition) is 2. The Hall–Kier alpha value is -3.60. The highest BCUT2D eigenvalue weighted by Gasteiger charge is 2.26. The van der Waals surface area contributed by atoms with Crippen LogP contribution in [0, 0.1) is 12.8 Å². The molecule has 1 fully saturated rings. The molecule has 5 nitrogen and oxygen atoms in total. The van der Waals surface area contributed by atoms with Gasteiger partial charge >= 0.3 is 0 Å². The predicted octanol–water partition coefficient (Wildman–Crippen LogP) is 4.82. The van der Waals surface area contributed by atoms with E-state index in [2.05, 4.69) is 46.7 Å². The van der Waals surface area contributed by atoms with Crippen molar-refractivity contribution in [1.29, 1.82) is 0 Å². The second kappa shape index (κ2) is 10.8. The first-order valence-corrected chi connectivity index (χ1v) is 11.6. The van der Waals surface area contributed by atoms with E-state index in [1.54, 1.807) is 12.1 Å². The number of nitrogens with zero attached hydrogens (tertiary/aromatic N) is 1. The van der Waals surface area contributed by atoms with Gasteiger partial charge in [-0.2, -0.15) is 0 Å². The van der Waals surface area contributed by atoms with Gasteiger partial charge < -0.3 is 15.5 Å². The van der Waals surface area contributed by atoms with E-state index in [0.717, 1.165) is 32.4 Å². The molecule has 1 aliphatic heterocycles. The van der Waals surface area contributed by atoms with Gasteiger partial charge in [0.15, 0.2) is 0 Å². The zero-order valence-electron chi connectivity index (χ0n) is 19.1. The van der Waals surface area contributed by atoms with Crippen molar-refractivity contribution in [2.75, 3.05) is 29.9 Å². The highest BCUT2D eigenvalue weighted by atomic mass is 16.2. The van der Waals surface area contributed by atoms with Gasteiger partial charge in [0.1, 0.15) is 0 Å². The fourth-order valence-electron chi connectivity index (χ4n) is 4.24. The molecule has 1 heterocycles. The maximum atomic E-state index is 13.0. The van der Waals surface area contributed by atoms with Crippen LogP contribution in [0.1, 0.15) is 34.3 Å². The quantitative estimate of drug-likeness (QED) is 0.552. The van der Waals surface area contributed by atoms with Crippen LogP contribution in [0.4, 0.5) is 11.4 Å². The molecular weight excluding hydrogens is 410 g/mol. The summed E-state index contributed by atoms with van der Waals surface area (Å²) < 4.78 is 0. The molecule has 0 saturated carbocycles. The van der Waals surface area contributed by atoms with Gasteiger partial charge in [0.2, 0.25) is 5.91 Å². The van der Waals surface area contributed by atoms with E-state index in [4.69, 9.17) is 0 Å². The highest BCUT2D eigenvalue weighted by molar-refractivity contribution is 6.04. The average molecular weight is 442 g/mol. The molecule has 1 aliphatic rings. The molecular formula is C28H31N3O2. The molecule has 0 radical (unpaired) electrons. The monoisotopic (exact) mass is 441 g/mol. The van der Waals surface area contributed by atoms with Gasteiger partial charge in [0.05, 0.1) is 11.3 Å². The number of hydrogen-bond acceptors (Lipinski definition) is 3. The summed E-state index contributed by atoms with van der Waals surface area (Å²) in [5, 5.41) is 5.98. The van der Waals surface area contributed by atoms with Gasteiger partial charge in [-0.15, -0.1) is 0 Å². The molecule has 0 spiro atoms. The van der Waals surface area contributed by atoms with Gasteiger partial charge in [-0.25, -0.2) is 0 Å². The average Bonchev–Trinajstić information content (AvgIpc) is 2.85. The van der Waals surface area contributed by atoms with Crippen molar-refractivity contribution in [3.8, 4) is 0 Å².